The number of nitrogens with zero attached hydrogens (tertiary/aromatic N) is 1. The summed E-state index contributed by atoms with van der Waals surface area (Å²) in [6, 6.07) is 6.04. The Morgan fingerprint density at radius 2 is 1.75 bits per heavy atom. The van der Waals surface area contributed by atoms with Crippen molar-refractivity contribution in [2.45, 2.75) is 25.3 Å². The molecule has 28 heavy (non-hydrogen) atoms. The molecule has 0 saturated carbocycles. The molecular formula is C19H28N4O5. The summed E-state index contributed by atoms with van der Waals surface area (Å²) in [5.41, 5.74) is 6.50. The van der Waals surface area contributed by atoms with Crippen LogP contribution in [0.2, 0.25) is 0 Å². The van der Waals surface area contributed by atoms with Gasteiger partial charge in [0.2, 0.25) is 5.91 Å². The standard InChI is InChI=1S/C19H28N4O5/c1-21-9-5-4-8-16(20)17(24)22-10-11-27-12-13-28-23-18(25)14-6-2-3-7-15(14)19(23)26/h2-3,6-7,16,21H,4-5,8-13,20H2,1H3,(H,22,24)/t16-/m0/s1. The molecule has 0 radical (unpaired) electrons. The summed E-state index contributed by atoms with van der Waals surface area (Å²) in [5, 5.41) is 6.52. The van der Waals surface area contributed by atoms with E-state index < -0.39 is 17.9 Å². The molecule has 9 heteroatoms. The Morgan fingerprint density at radius 1 is 1.07 bits per heavy atom. The minimum atomic E-state index is -0.519. The van der Waals surface area contributed by atoms with Gasteiger partial charge in [0.15, 0.2) is 0 Å². The van der Waals surface area contributed by atoms with E-state index in [0.29, 0.717) is 24.1 Å². The monoisotopic (exact) mass is 392 g/mol. The Hall–Kier alpha value is -2.33. The maximum Gasteiger partial charge on any atom is 0.285 e. The van der Waals surface area contributed by atoms with Gasteiger partial charge in [0, 0.05) is 6.54 Å². The van der Waals surface area contributed by atoms with Crippen LogP contribution in [0.4, 0.5) is 0 Å². The fourth-order valence-electron chi connectivity index (χ4n) is 2.75. The molecule has 2 rings (SSSR count). The smallest absolute Gasteiger partial charge is 0.285 e. The van der Waals surface area contributed by atoms with Crippen molar-refractivity contribution in [2.75, 3.05) is 40.0 Å². The average molecular weight is 392 g/mol. The summed E-state index contributed by atoms with van der Waals surface area (Å²) >= 11 is 0. The van der Waals surface area contributed by atoms with Gasteiger partial charge in [-0.2, -0.15) is 0 Å². The summed E-state index contributed by atoms with van der Waals surface area (Å²) in [6.07, 6.45) is 2.51. The number of nitrogens with two attached hydrogens (primary N) is 1. The van der Waals surface area contributed by atoms with Crippen LogP contribution in [0.5, 0.6) is 0 Å². The number of imide groups is 1. The molecule has 9 nitrogen and oxygen atoms in total. The van der Waals surface area contributed by atoms with Crippen molar-refractivity contribution in [1.29, 1.82) is 0 Å². The first kappa shape index (κ1) is 22.0. The van der Waals surface area contributed by atoms with E-state index in [1.165, 1.54) is 0 Å². The van der Waals surface area contributed by atoms with Crippen LogP contribution in [0.1, 0.15) is 40.0 Å². The lowest BCUT2D eigenvalue weighted by Crippen LogP contribution is -2.41. The first-order valence-electron chi connectivity index (χ1n) is 9.42. The van der Waals surface area contributed by atoms with E-state index >= 15 is 0 Å². The number of benzene rings is 1. The van der Waals surface area contributed by atoms with Crippen molar-refractivity contribution in [3.05, 3.63) is 35.4 Å². The Balaban J connectivity index is 1.54. The van der Waals surface area contributed by atoms with Gasteiger partial charge in [-0.15, -0.1) is 5.06 Å². The number of carbonyl (C=O) groups excluding carboxylic acids is 3. The van der Waals surface area contributed by atoms with E-state index in [1.807, 2.05) is 7.05 Å². The summed E-state index contributed by atoms with van der Waals surface area (Å²) in [4.78, 5) is 41.3. The lowest BCUT2D eigenvalue weighted by Gasteiger charge is -2.14. The molecule has 0 aromatic heterocycles. The van der Waals surface area contributed by atoms with Gasteiger partial charge in [0.25, 0.3) is 11.8 Å². The van der Waals surface area contributed by atoms with Crippen molar-refractivity contribution >= 4 is 17.7 Å². The molecule has 1 aliphatic rings. The summed E-state index contributed by atoms with van der Waals surface area (Å²) < 4.78 is 5.35. The zero-order valence-corrected chi connectivity index (χ0v) is 16.1. The molecular weight excluding hydrogens is 364 g/mol. The van der Waals surface area contributed by atoms with Crippen molar-refractivity contribution in [3.8, 4) is 0 Å². The molecule has 0 fully saturated rings. The van der Waals surface area contributed by atoms with Gasteiger partial charge in [-0.25, -0.2) is 0 Å². The molecule has 4 N–H and O–H groups in total. The number of unbranched alkanes of at least 4 members (excludes halogenated alkanes) is 1. The molecule has 0 saturated heterocycles. The minimum absolute atomic E-state index is 0.0460. The molecule has 1 atom stereocenters. The Morgan fingerprint density at radius 3 is 2.39 bits per heavy atom. The van der Waals surface area contributed by atoms with Crippen LogP contribution in [-0.4, -0.2) is 68.8 Å². The number of ether oxygens (including phenoxy) is 1. The van der Waals surface area contributed by atoms with Crippen LogP contribution in [0.25, 0.3) is 0 Å². The van der Waals surface area contributed by atoms with Gasteiger partial charge < -0.3 is 21.1 Å². The minimum Gasteiger partial charge on any atom is -0.377 e. The van der Waals surface area contributed by atoms with Crippen molar-refractivity contribution < 1.29 is 24.0 Å². The second-order valence-corrected chi connectivity index (χ2v) is 6.39. The number of rotatable bonds is 13. The molecule has 1 heterocycles. The Labute approximate surface area is 164 Å². The first-order chi connectivity index (χ1) is 13.6. The van der Waals surface area contributed by atoms with Gasteiger partial charge in [-0.1, -0.05) is 18.6 Å². The number of amides is 3. The molecule has 0 bridgehead atoms. The predicted molar refractivity (Wildman–Crippen MR) is 102 cm³/mol. The topological polar surface area (TPSA) is 123 Å². The highest BCUT2D eigenvalue weighted by atomic mass is 16.7. The van der Waals surface area contributed by atoms with Crippen LogP contribution >= 0.6 is 0 Å². The van der Waals surface area contributed by atoms with Gasteiger partial charge >= 0.3 is 0 Å². The van der Waals surface area contributed by atoms with Gasteiger partial charge in [0.1, 0.15) is 0 Å². The van der Waals surface area contributed by atoms with Gasteiger partial charge in [-0.3, -0.25) is 19.2 Å². The largest absolute Gasteiger partial charge is 0.377 e. The third-order valence-corrected chi connectivity index (χ3v) is 4.28. The van der Waals surface area contributed by atoms with Crippen LogP contribution < -0.4 is 16.4 Å². The lowest BCUT2D eigenvalue weighted by atomic mass is 10.1. The molecule has 154 valence electrons. The van der Waals surface area contributed by atoms with E-state index in [9.17, 15) is 14.4 Å². The number of nitrogens with one attached hydrogen (secondary N) is 2. The van der Waals surface area contributed by atoms with Crippen molar-refractivity contribution in [1.82, 2.24) is 15.7 Å². The third kappa shape index (κ3) is 6.10. The molecule has 0 unspecified atom stereocenters. The fraction of sp³-hybridized carbons (Fsp3) is 0.526. The van der Waals surface area contributed by atoms with Gasteiger partial charge in [-0.05, 0) is 38.6 Å². The summed E-state index contributed by atoms with van der Waals surface area (Å²) in [5.74, 6) is -1.15. The number of fused-ring (bicyclic) bond motifs is 1. The zero-order valence-electron chi connectivity index (χ0n) is 16.1. The van der Waals surface area contributed by atoms with Crippen LogP contribution in [-0.2, 0) is 14.4 Å². The number of hydrogen-bond donors (Lipinski definition) is 3. The highest BCUT2D eigenvalue weighted by Gasteiger charge is 2.36. The van der Waals surface area contributed by atoms with E-state index in [2.05, 4.69) is 10.6 Å². The van der Waals surface area contributed by atoms with Crippen molar-refractivity contribution in [2.24, 2.45) is 5.73 Å². The van der Waals surface area contributed by atoms with E-state index in [4.69, 9.17) is 15.3 Å². The maximum absolute atomic E-state index is 12.1. The predicted octanol–water partition coefficient (Wildman–Crippen LogP) is 0.0640. The van der Waals surface area contributed by atoms with Crippen LogP contribution in [0.15, 0.2) is 24.3 Å². The average Bonchev–Trinajstić information content (AvgIpc) is 2.95. The molecule has 0 aliphatic carbocycles. The molecule has 1 aromatic rings. The molecule has 1 aromatic carbocycles. The number of hydrogen-bond acceptors (Lipinski definition) is 7. The molecule has 3 amide bonds. The maximum atomic E-state index is 12.1. The fourth-order valence-corrected chi connectivity index (χ4v) is 2.75. The second-order valence-electron chi connectivity index (χ2n) is 6.39. The Bertz CT molecular complexity index is 647. The highest BCUT2D eigenvalue weighted by Crippen LogP contribution is 2.22. The first-order valence-corrected chi connectivity index (χ1v) is 9.42. The molecule has 1 aliphatic heterocycles. The highest BCUT2D eigenvalue weighted by molar-refractivity contribution is 6.20. The van der Waals surface area contributed by atoms with E-state index in [-0.39, 0.29) is 25.7 Å². The van der Waals surface area contributed by atoms with Crippen LogP contribution in [0.3, 0.4) is 0 Å². The zero-order chi connectivity index (χ0) is 20.4. The van der Waals surface area contributed by atoms with E-state index in [1.54, 1.807) is 24.3 Å². The van der Waals surface area contributed by atoms with Crippen molar-refractivity contribution in [3.63, 3.8) is 0 Å². The number of carbonyl (C=O) groups is 3. The normalized spacial score (nSPS) is 14.3. The van der Waals surface area contributed by atoms with Gasteiger partial charge in [0.05, 0.1) is 37.0 Å². The molecule has 0 spiro atoms. The second kappa shape index (κ2) is 11.5. The lowest BCUT2D eigenvalue weighted by molar-refractivity contribution is -0.123. The summed E-state index contributed by atoms with van der Waals surface area (Å²) in [7, 11) is 1.89. The quantitative estimate of drug-likeness (QED) is 0.320. The number of hydroxylamine groups is 2. The summed E-state index contributed by atoms with van der Waals surface area (Å²) in [6.45, 7) is 1.74. The third-order valence-electron chi connectivity index (χ3n) is 4.28. The van der Waals surface area contributed by atoms with E-state index in [0.717, 1.165) is 24.4 Å². The Kier molecular flexibility index (Phi) is 9.02. The SMILES string of the molecule is CNCCCC[C@H](N)C(=O)NCCOCCON1C(=O)c2ccccc2C1=O. The van der Waals surface area contributed by atoms with Crippen LogP contribution in [0, 0.1) is 0 Å².